The van der Waals surface area contributed by atoms with Gasteiger partial charge in [0.25, 0.3) is 5.91 Å². The predicted molar refractivity (Wildman–Crippen MR) is 124 cm³/mol. The minimum atomic E-state index is -0.499. The van der Waals surface area contributed by atoms with Gasteiger partial charge in [0.2, 0.25) is 0 Å². The number of hydrogen-bond acceptors (Lipinski definition) is 4. The largest absolute Gasteiger partial charge is 0.358 e. The van der Waals surface area contributed by atoms with Gasteiger partial charge in [-0.25, -0.2) is 0 Å². The van der Waals surface area contributed by atoms with E-state index in [0.29, 0.717) is 18.2 Å². The van der Waals surface area contributed by atoms with Crippen LogP contribution in [0.1, 0.15) is 89.0 Å². The summed E-state index contributed by atoms with van der Waals surface area (Å²) in [6, 6.07) is 7.16. The fourth-order valence-electron chi connectivity index (χ4n) is 6.01. The lowest BCUT2D eigenvalue weighted by molar-refractivity contribution is -0.133. The maximum absolute atomic E-state index is 13.8. The Kier molecular flexibility index (Phi) is 7.09. The van der Waals surface area contributed by atoms with E-state index in [4.69, 9.17) is 0 Å². The average molecular weight is 424 g/mol. The molecule has 2 aliphatic carbocycles. The zero-order chi connectivity index (χ0) is 21.7. The predicted octanol–water partition coefficient (Wildman–Crippen LogP) is 6.56. The number of carbonyl (C=O) groups excluding carboxylic acids is 1. The van der Waals surface area contributed by atoms with Crippen molar-refractivity contribution in [2.45, 2.75) is 95.6 Å². The molecule has 1 amide bonds. The maximum Gasteiger partial charge on any atom is 0.254 e. The van der Waals surface area contributed by atoms with Crippen LogP contribution in [0.2, 0.25) is 0 Å². The van der Waals surface area contributed by atoms with Crippen LogP contribution in [0, 0.1) is 16.7 Å². The van der Waals surface area contributed by atoms with Gasteiger partial charge in [0.15, 0.2) is 0 Å². The molecule has 2 saturated carbocycles. The lowest BCUT2D eigenvalue weighted by Gasteiger charge is -2.35. The van der Waals surface area contributed by atoms with Crippen molar-refractivity contribution < 1.29 is 4.79 Å². The number of nitrogens with one attached hydrogen (secondary N) is 1. The van der Waals surface area contributed by atoms with Crippen molar-refractivity contribution in [2.24, 2.45) is 17.0 Å². The fourth-order valence-corrected chi connectivity index (χ4v) is 6.01. The summed E-state index contributed by atoms with van der Waals surface area (Å²) in [5.74, 6) is 2.30. The van der Waals surface area contributed by atoms with Crippen molar-refractivity contribution in [3.63, 3.8) is 0 Å². The molecule has 1 aliphatic heterocycles. The first-order valence-corrected chi connectivity index (χ1v) is 12.3. The fraction of sp³-hybridized carbons (Fsp3) is 0.654. The van der Waals surface area contributed by atoms with Crippen molar-refractivity contribution >= 4 is 11.6 Å². The highest BCUT2D eigenvalue weighted by Gasteiger charge is 2.49. The number of nitroso groups, excluding NO2 is 1. The van der Waals surface area contributed by atoms with E-state index >= 15 is 0 Å². The second-order valence-corrected chi connectivity index (χ2v) is 10.1. The molecule has 1 N–H and O–H groups in total. The third-order valence-electron chi connectivity index (χ3n) is 7.81. The summed E-state index contributed by atoms with van der Waals surface area (Å²) < 4.78 is 0. The molecule has 1 aromatic carbocycles. The van der Waals surface area contributed by atoms with Crippen molar-refractivity contribution in [1.29, 1.82) is 0 Å². The zero-order valence-corrected chi connectivity index (χ0v) is 18.8. The molecule has 4 rings (SSSR count). The molecule has 31 heavy (non-hydrogen) atoms. The number of amides is 1. The summed E-state index contributed by atoms with van der Waals surface area (Å²) in [5.41, 5.74) is 0.901. The van der Waals surface area contributed by atoms with E-state index in [1.165, 1.54) is 64.2 Å². The molecule has 1 atom stereocenters. The van der Waals surface area contributed by atoms with E-state index in [2.05, 4.69) is 17.1 Å². The molecule has 5 heteroatoms. The van der Waals surface area contributed by atoms with E-state index in [-0.39, 0.29) is 5.91 Å². The standard InChI is InChI=1S/C26H37N3O2/c1-20-27-26(18-22-10-6-3-7-11-22,17-16-21-8-4-2-5-9-21)25(30)29(20)19-23-12-14-24(28-31)15-13-23/h12-15,21-22,27H,1-11,16-19H2/t26-/m1/s1. The van der Waals surface area contributed by atoms with Crippen LogP contribution in [-0.4, -0.2) is 16.3 Å². The molecular weight excluding hydrogens is 386 g/mol. The third kappa shape index (κ3) is 5.19. The highest BCUT2D eigenvalue weighted by atomic mass is 16.3. The van der Waals surface area contributed by atoms with E-state index in [9.17, 15) is 9.70 Å². The van der Waals surface area contributed by atoms with Crippen molar-refractivity contribution in [1.82, 2.24) is 10.2 Å². The minimum absolute atomic E-state index is 0.191. The van der Waals surface area contributed by atoms with Gasteiger partial charge in [-0.1, -0.05) is 82.9 Å². The molecule has 168 valence electrons. The SMILES string of the molecule is C=C1N[C@](CCC2CCCCC2)(CC2CCCCC2)C(=O)N1Cc1ccc(N=O)cc1. The van der Waals surface area contributed by atoms with Gasteiger partial charge in [0, 0.05) is 0 Å². The molecule has 0 spiro atoms. The second-order valence-electron chi connectivity index (χ2n) is 10.1. The lowest BCUT2D eigenvalue weighted by atomic mass is 9.75. The van der Waals surface area contributed by atoms with Crippen LogP contribution in [0.25, 0.3) is 0 Å². The monoisotopic (exact) mass is 423 g/mol. The molecule has 1 aromatic rings. The topological polar surface area (TPSA) is 61.8 Å². The van der Waals surface area contributed by atoms with Gasteiger partial charge in [-0.2, -0.15) is 0 Å². The Hall–Kier alpha value is -2.17. The summed E-state index contributed by atoms with van der Waals surface area (Å²) in [7, 11) is 0. The van der Waals surface area contributed by atoms with E-state index in [1.54, 1.807) is 12.1 Å². The number of carbonyl (C=O) groups is 1. The summed E-state index contributed by atoms with van der Waals surface area (Å²) in [6.45, 7) is 4.71. The molecule has 1 saturated heterocycles. The summed E-state index contributed by atoms with van der Waals surface area (Å²) >= 11 is 0. The number of rotatable bonds is 8. The molecular formula is C26H37N3O2. The number of benzene rings is 1. The Morgan fingerprint density at radius 1 is 0.968 bits per heavy atom. The quantitative estimate of drug-likeness (QED) is 0.482. The van der Waals surface area contributed by atoms with Crippen LogP contribution in [0.5, 0.6) is 0 Å². The third-order valence-corrected chi connectivity index (χ3v) is 7.81. The summed E-state index contributed by atoms with van der Waals surface area (Å²) in [5, 5.41) is 6.58. The van der Waals surface area contributed by atoms with Crippen LogP contribution in [0.4, 0.5) is 5.69 Å². The molecule has 3 aliphatic rings. The van der Waals surface area contributed by atoms with Crippen molar-refractivity contribution in [3.8, 4) is 0 Å². The molecule has 0 radical (unpaired) electrons. The normalized spacial score (nSPS) is 25.6. The van der Waals surface area contributed by atoms with E-state index in [0.717, 1.165) is 36.6 Å². The van der Waals surface area contributed by atoms with Gasteiger partial charge < -0.3 is 5.32 Å². The van der Waals surface area contributed by atoms with Crippen LogP contribution >= 0.6 is 0 Å². The number of hydrogen-bond donors (Lipinski definition) is 1. The van der Waals surface area contributed by atoms with E-state index < -0.39 is 5.54 Å². The first-order valence-electron chi connectivity index (χ1n) is 12.3. The molecule has 0 aromatic heterocycles. The Labute approximate surface area is 186 Å². The number of nitrogens with zero attached hydrogens (tertiary/aromatic N) is 2. The highest BCUT2D eigenvalue weighted by molar-refractivity contribution is 5.90. The second kappa shape index (κ2) is 9.97. The van der Waals surface area contributed by atoms with Gasteiger partial charge >= 0.3 is 0 Å². The van der Waals surface area contributed by atoms with Gasteiger partial charge in [0.1, 0.15) is 17.0 Å². The average Bonchev–Trinajstić information content (AvgIpc) is 3.04. The first kappa shape index (κ1) is 22.0. The zero-order valence-electron chi connectivity index (χ0n) is 18.8. The van der Waals surface area contributed by atoms with Gasteiger partial charge in [0.05, 0.1) is 6.54 Å². The summed E-state index contributed by atoms with van der Waals surface area (Å²) in [6.07, 6.45) is 16.0. The first-order chi connectivity index (χ1) is 15.1. The highest BCUT2D eigenvalue weighted by Crippen LogP contribution is 2.40. The molecule has 0 bridgehead atoms. The van der Waals surface area contributed by atoms with Crippen LogP contribution in [0.15, 0.2) is 41.8 Å². The maximum atomic E-state index is 13.8. The van der Waals surface area contributed by atoms with Crippen LogP contribution < -0.4 is 5.32 Å². The Balaban J connectivity index is 1.50. The van der Waals surface area contributed by atoms with Gasteiger partial charge in [-0.3, -0.25) is 9.69 Å². The Morgan fingerprint density at radius 2 is 1.58 bits per heavy atom. The van der Waals surface area contributed by atoms with Crippen LogP contribution in [-0.2, 0) is 11.3 Å². The molecule has 1 heterocycles. The minimum Gasteiger partial charge on any atom is -0.358 e. The van der Waals surface area contributed by atoms with Gasteiger partial charge in [-0.15, -0.1) is 4.91 Å². The Morgan fingerprint density at radius 3 is 2.19 bits per heavy atom. The van der Waals surface area contributed by atoms with Crippen molar-refractivity contribution in [2.75, 3.05) is 0 Å². The van der Waals surface area contributed by atoms with Gasteiger partial charge in [-0.05, 0) is 54.0 Å². The molecule has 0 unspecified atom stereocenters. The molecule has 3 fully saturated rings. The lowest BCUT2D eigenvalue weighted by Crippen LogP contribution is -2.48. The van der Waals surface area contributed by atoms with E-state index in [1.807, 2.05) is 17.0 Å². The van der Waals surface area contributed by atoms with Crippen molar-refractivity contribution in [3.05, 3.63) is 47.1 Å². The van der Waals surface area contributed by atoms with Crippen LogP contribution in [0.3, 0.4) is 0 Å². The Bertz CT molecular complexity index is 778. The summed E-state index contributed by atoms with van der Waals surface area (Å²) in [4.78, 5) is 26.4. The molecule has 5 nitrogen and oxygen atoms in total. The smallest absolute Gasteiger partial charge is 0.254 e.